The lowest BCUT2D eigenvalue weighted by Crippen LogP contribution is -2.37. The first-order valence-electron chi connectivity index (χ1n) is 5.88. The predicted molar refractivity (Wildman–Crippen MR) is 78.0 cm³/mol. The molecule has 7 heteroatoms. The number of amides is 1. The van der Waals surface area contributed by atoms with Crippen molar-refractivity contribution >= 4 is 33.4 Å². The van der Waals surface area contributed by atoms with Crippen molar-refractivity contribution in [3.63, 3.8) is 0 Å². The van der Waals surface area contributed by atoms with Gasteiger partial charge in [0.2, 0.25) is 0 Å². The highest BCUT2D eigenvalue weighted by molar-refractivity contribution is 8.76. The quantitative estimate of drug-likeness (QED) is 0.334. The van der Waals surface area contributed by atoms with Gasteiger partial charge in [-0.25, -0.2) is 4.79 Å². The van der Waals surface area contributed by atoms with Crippen molar-refractivity contribution in [2.24, 2.45) is 0 Å². The van der Waals surface area contributed by atoms with Crippen LogP contribution in [0.2, 0.25) is 0 Å². The molecule has 0 aromatic rings. The molecule has 0 aliphatic rings. The lowest BCUT2D eigenvalue weighted by molar-refractivity contribution is -0.117. The van der Waals surface area contributed by atoms with Gasteiger partial charge in [-0.15, -0.1) is 0 Å². The van der Waals surface area contributed by atoms with E-state index in [0.717, 1.165) is 30.1 Å². The topological polar surface area (TPSA) is 73.2 Å². The Kier molecular flexibility index (Phi) is 12.8. The van der Waals surface area contributed by atoms with Crippen LogP contribution in [-0.4, -0.2) is 50.2 Å². The maximum atomic E-state index is 10.7. The van der Waals surface area contributed by atoms with Crippen LogP contribution < -0.4 is 10.7 Å². The molecule has 0 bridgehead atoms. The first-order chi connectivity index (χ1) is 8.66. The molecule has 0 rings (SSSR count). The fraction of sp³-hybridized carbons (Fsp3) is 0.818. The number of carbonyl (C=O) groups is 1. The van der Waals surface area contributed by atoms with E-state index in [0.29, 0.717) is 19.8 Å². The van der Waals surface area contributed by atoms with Gasteiger partial charge in [0.15, 0.2) is 0 Å². The van der Waals surface area contributed by atoms with E-state index >= 15 is 0 Å². The summed E-state index contributed by atoms with van der Waals surface area (Å²) in [7, 11) is 4.99. The van der Waals surface area contributed by atoms with Crippen molar-refractivity contribution in [3.8, 4) is 0 Å². The molecule has 0 fully saturated rings. The third kappa shape index (κ3) is 13.7. The van der Waals surface area contributed by atoms with Crippen LogP contribution in [0.3, 0.4) is 0 Å². The van der Waals surface area contributed by atoms with Crippen LogP contribution in [0.1, 0.15) is 19.8 Å². The number of methoxy groups -OCH3 is 1. The summed E-state index contributed by atoms with van der Waals surface area (Å²) in [6.45, 7) is 3.65. The number of nitrogens with one attached hydrogen (secondary N) is 1. The minimum absolute atomic E-state index is 0.421. The van der Waals surface area contributed by atoms with Crippen LogP contribution in [0.25, 0.3) is 0 Å². The zero-order valence-electron chi connectivity index (χ0n) is 11.1. The summed E-state index contributed by atoms with van der Waals surface area (Å²) in [5.74, 6) is 2.07. The molecule has 0 aromatic carbocycles. The SMILES string of the molecule is COC(=O)NCCOCCSSCCCC(C)=[NH2+]. The maximum absolute atomic E-state index is 10.7. The van der Waals surface area contributed by atoms with E-state index in [1.54, 1.807) is 10.8 Å². The summed E-state index contributed by atoms with van der Waals surface area (Å²) in [5, 5.41) is 8.12. The molecule has 0 saturated heterocycles. The fourth-order valence-electron chi connectivity index (χ4n) is 1.02. The number of alkyl carbamates (subject to hydrolysis) is 1. The Bertz CT molecular complexity index is 240. The van der Waals surface area contributed by atoms with Gasteiger partial charge in [0, 0.05) is 31.4 Å². The van der Waals surface area contributed by atoms with E-state index in [2.05, 4.69) is 10.1 Å². The third-order valence-electron chi connectivity index (χ3n) is 1.89. The van der Waals surface area contributed by atoms with E-state index in [1.807, 2.05) is 17.7 Å². The Morgan fingerprint density at radius 2 is 2.00 bits per heavy atom. The molecule has 0 radical (unpaired) electrons. The fourth-order valence-corrected chi connectivity index (χ4v) is 2.97. The maximum Gasteiger partial charge on any atom is 0.406 e. The van der Waals surface area contributed by atoms with Crippen LogP contribution in [0.15, 0.2) is 0 Å². The summed E-state index contributed by atoms with van der Waals surface area (Å²) in [4.78, 5) is 10.7. The molecular formula is C11H23N2O3S2+. The summed E-state index contributed by atoms with van der Waals surface area (Å²) in [6, 6.07) is 0. The van der Waals surface area contributed by atoms with Crippen LogP contribution in [0.4, 0.5) is 4.79 Å². The first-order valence-corrected chi connectivity index (χ1v) is 8.37. The zero-order chi connectivity index (χ0) is 13.6. The van der Waals surface area contributed by atoms with Gasteiger partial charge in [0.1, 0.15) is 5.71 Å². The van der Waals surface area contributed by atoms with E-state index in [9.17, 15) is 4.79 Å². The monoisotopic (exact) mass is 295 g/mol. The molecule has 0 unspecified atom stereocenters. The molecule has 0 atom stereocenters. The molecule has 0 aliphatic heterocycles. The normalized spacial score (nSPS) is 10.1. The highest BCUT2D eigenvalue weighted by Crippen LogP contribution is 2.21. The molecule has 1 amide bonds. The van der Waals surface area contributed by atoms with Crippen molar-refractivity contribution in [1.82, 2.24) is 5.32 Å². The Morgan fingerprint density at radius 1 is 1.28 bits per heavy atom. The molecule has 106 valence electrons. The minimum Gasteiger partial charge on any atom is -0.453 e. The van der Waals surface area contributed by atoms with E-state index in [-0.39, 0.29) is 0 Å². The number of nitrogens with two attached hydrogens (primary N) is 1. The molecule has 5 nitrogen and oxygen atoms in total. The lowest BCUT2D eigenvalue weighted by atomic mass is 10.2. The second kappa shape index (κ2) is 13.0. The zero-order valence-corrected chi connectivity index (χ0v) is 12.7. The molecule has 18 heavy (non-hydrogen) atoms. The smallest absolute Gasteiger partial charge is 0.406 e. The van der Waals surface area contributed by atoms with E-state index < -0.39 is 6.09 Å². The van der Waals surface area contributed by atoms with Crippen molar-refractivity contribution in [3.05, 3.63) is 0 Å². The molecule has 0 heterocycles. The predicted octanol–water partition coefficient (Wildman–Crippen LogP) is 0.741. The highest BCUT2D eigenvalue weighted by Gasteiger charge is 1.97. The summed E-state index contributed by atoms with van der Waals surface area (Å²) >= 11 is 0. The van der Waals surface area contributed by atoms with Gasteiger partial charge in [-0.3, -0.25) is 5.41 Å². The Balaban J connectivity index is 3.03. The molecule has 0 spiro atoms. The van der Waals surface area contributed by atoms with Gasteiger partial charge in [-0.1, -0.05) is 21.6 Å². The molecule has 0 aromatic heterocycles. The van der Waals surface area contributed by atoms with Crippen LogP contribution in [0.5, 0.6) is 0 Å². The van der Waals surface area contributed by atoms with Crippen LogP contribution >= 0.6 is 21.6 Å². The number of hydrogen-bond acceptors (Lipinski definition) is 5. The number of hydrogen-bond donors (Lipinski definition) is 2. The van der Waals surface area contributed by atoms with Crippen molar-refractivity contribution < 1.29 is 19.7 Å². The second-order valence-corrected chi connectivity index (χ2v) is 6.33. The average Bonchev–Trinajstić information content (AvgIpc) is 2.35. The number of rotatable bonds is 11. The largest absolute Gasteiger partial charge is 0.453 e. The standard InChI is InChI=1S/C11H22N2O3S2/c1-10(12)4-3-8-17-18-9-7-16-6-5-13-11(14)15-2/h12H,3-9H2,1-2H3,(H,13,14)/p+1. The second-order valence-electron chi connectivity index (χ2n) is 3.62. The lowest BCUT2D eigenvalue weighted by Gasteiger charge is -2.05. The first kappa shape index (κ1) is 17.6. The third-order valence-corrected chi connectivity index (χ3v) is 4.35. The minimum atomic E-state index is -0.421. The summed E-state index contributed by atoms with van der Waals surface area (Å²) in [6.07, 6.45) is 1.71. The Hall–Kier alpha value is -0.400. The number of ether oxygens (including phenoxy) is 2. The number of carbonyl (C=O) groups excluding carboxylic acids is 1. The van der Waals surface area contributed by atoms with E-state index in [4.69, 9.17) is 10.1 Å². The Morgan fingerprint density at radius 3 is 2.67 bits per heavy atom. The summed E-state index contributed by atoms with van der Waals surface area (Å²) < 4.78 is 9.77. The average molecular weight is 295 g/mol. The molecule has 3 N–H and O–H groups in total. The van der Waals surface area contributed by atoms with Gasteiger partial charge >= 0.3 is 6.09 Å². The molecular weight excluding hydrogens is 272 g/mol. The Labute approximate surface area is 117 Å². The van der Waals surface area contributed by atoms with Gasteiger partial charge in [0.25, 0.3) is 0 Å². The van der Waals surface area contributed by atoms with Crippen molar-refractivity contribution in [1.29, 1.82) is 0 Å². The van der Waals surface area contributed by atoms with Gasteiger partial charge in [-0.2, -0.15) is 0 Å². The van der Waals surface area contributed by atoms with Gasteiger partial charge < -0.3 is 14.8 Å². The van der Waals surface area contributed by atoms with Gasteiger partial charge in [0.05, 0.1) is 20.3 Å². The van der Waals surface area contributed by atoms with Crippen LogP contribution in [-0.2, 0) is 9.47 Å². The highest BCUT2D eigenvalue weighted by atomic mass is 33.1. The molecule has 0 aliphatic carbocycles. The van der Waals surface area contributed by atoms with Crippen molar-refractivity contribution in [2.75, 3.05) is 38.4 Å². The van der Waals surface area contributed by atoms with Crippen molar-refractivity contribution in [2.45, 2.75) is 19.8 Å². The van der Waals surface area contributed by atoms with Crippen LogP contribution in [0, 0.1) is 0 Å². The summed E-state index contributed by atoms with van der Waals surface area (Å²) in [5.41, 5.74) is 1.00. The van der Waals surface area contributed by atoms with E-state index in [1.165, 1.54) is 7.11 Å². The molecule has 0 saturated carbocycles. The van der Waals surface area contributed by atoms with Gasteiger partial charge in [-0.05, 0) is 6.42 Å².